The molecule has 1 aromatic heterocycles. The smallest absolute Gasteiger partial charge is 0.267 e. The first-order valence-electron chi connectivity index (χ1n) is 6.18. The van der Waals surface area contributed by atoms with Crippen LogP contribution in [0, 0.1) is 6.92 Å². The Morgan fingerprint density at radius 3 is 2.67 bits per heavy atom. The predicted molar refractivity (Wildman–Crippen MR) is 84.3 cm³/mol. The molecule has 8 heteroatoms. The van der Waals surface area contributed by atoms with Gasteiger partial charge >= 0.3 is 0 Å². The number of anilines is 2. The van der Waals surface area contributed by atoms with Crippen molar-refractivity contribution in [1.29, 1.82) is 0 Å². The number of carbonyl (C=O) groups is 1. The number of ether oxygens (including phenoxy) is 2. The lowest BCUT2D eigenvalue weighted by Crippen LogP contribution is -2.17. The third-order valence-corrected chi connectivity index (χ3v) is 4.54. The number of halogens is 1. The van der Waals surface area contributed by atoms with E-state index >= 15 is 0 Å². The molecule has 0 spiro atoms. The summed E-state index contributed by atoms with van der Waals surface area (Å²) in [5.74, 6) is 1.02. The molecular weight excluding hydrogens is 358 g/mol. The Morgan fingerprint density at radius 1 is 1.38 bits per heavy atom. The Kier molecular flexibility index (Phi) is 3.73. The lowest BCUT2D eigenvalue weighted by atomic mass is 10.2. The number of aromatic nitrogens is 1. The number of nitrogens with one attached hydrogen (secondary N) is 1. The Labute approximate surface area is 133 Å². The van der Waals surface area contributed by atoms with Crippen molar-refractivity contribution in [2.24, 2.45) is 0 Å². The third kappa shape index (κ3) is 2.81. The summed E-state index contributed by atoms with van der Waals surface area (Å²) in [4.78, 5) is 16.8. The second-order valence-corrected chi connectivity index (χ2v) is 6.28. The van der Waals surface area contributed by atoms with E-state index in [1.807, 2.05) is 0 Å². The van der Waals surface area contributed by atoms with Crippen molar-refractivity contribution in [2.75, 3.05) is 24.3 Å². The highest BCUT2D eigenvalue weighted by Crippen LogP contribution is 2.38. The molecule has 0 aliphatic carbocycles. The van der Waals surface area contributed by atoms with Crippen molar-refractivity contribution in [3.05, 3.63) is 27.2 Å². The number of nitrogens with two attached hydrogens (primary N) is 1. The van der Waals surface area contributed by atoms with E-state index in [0.29, 0.717) is 46.1 Å². The summed E-state index contributed by atoms with van der Waals surface area (Å²) in [5.41, 5.74) is 6.83. The van der Waals surface area contributed by atoms with Crippen LogP contribution in [0.1, 0.15) is 15.4 Å². The van der Waals surface area contributed by atoms with Crippen LogP contribution in [0.5, 0.6) is 11.5 Å². The zero-order valence-electron chi connectivity index (χ0n) is 11.1. The number of aryl methyl sites for hydroxylation is 1. The maximum absolute atomic E-state index is 12.3. The van der Waals surface area contributed by atoms with Gasteiger partial charge in [-0.05, 0) is 22.9 Å². The summed E-state index contributed by atoms with van der Waals surface area (Å²) < 4.78 is 11.7. The van der Waals surface area contributed by atoms with Gasteiger partial charge in [0.2, 0.25) is 0 Å². The van der Waals surface area contributed by atoms with Crippen molar-refractivity contribution < 1.29 is 14.3 Å². The topological polar surface area (TPSA) is 86.5 Å². The normalized spacial score (nSPS) is 13.0. The lowest BCUT2D eigenvalue weighted by Gasteiger charge is -2.20. The van der Waals surface area contributed by atoms with Crippen molar-refractivity contribution in [1.82, 2.24) is 4.98 Å². The van der Waals surface area contributed by atoms with E-state index < -0.39 is 0 Å². The van der Waals surface area contributed by atoms with Gasteiger partial charge in [0.25, 0.3) is 5.91 Å². The molecule has 0 atom stereocenters. The van der Waals surface area contributed by atoms with E-state index in [0.717, 1.165) is 15.8 Å². The molecule has 0 bridgehead atoms. The molecule has 1 aromatic carbocycles. The van der Waals surface area contributed by atoms with Gasteiger partial charge in [0.1, 0.15) is 18.1 Å². The Balaban J connectivity index is 1.87. The third-order valence-electron chi connectivity index (χ3n) is 2.90. The molecule has 1 aliphatic heterocycles. The molecular formula is C13H12BrN3O3S. The van der Waals surface area contributed by atoms with Gasteiger partial charge in [-0.3, -0.25) is 4.79 Å². The number of thiazole rings is 1. The van der Waals surface area contributed by atoms with Gasteiger partial charge in [0, 0.05) is 16.6 Å². The van der Waals surface area contributed by atoms with Gasteiger partial charge in [-0.2, -0.15) is 0 Å². The first-order valence-corrected chi connectivity index (χ1v) is 7.79. The fraction of sp³-hybridized carbons (Fsp3) is 0.231. The molecule has 6 nitrogen and oxygen atoms in total. The van der Waals surface area contributed by atoms with Crippen LogP contribution in [0.15, 0.2) is 16.6 Å². The number of hydrogen-bond donors (Lipinski definition) is 2. The quantitative estimate of drug-likeness (QED) is 0.849. The summed E-state index contributed by atoms with van der Waals surface area (Å²) in [6, 6.07) is 3.51. The van der Waals surface area contributed by atoms with E-state index in [4.69, 9.17) is 15.2 Å². The maximum atomic E-state index is 12.3. The summed E-state index contributed by atoms with van der Waals surface area (Å²) >= 11 is 4.57. The molecule has 3 N–H and O–H groups in total. The van der Waals surface area contributed by atoms with Crippen LogP contribution in [0.2, 0.25) is 0 Å². The molecule has 0 radical (unpaired) electrons. The zero-order valence-corrected chi connectivity index (χ0v) is 13.5. The van der Waals surface area contributed by atoms with Gasteiger partial charge in [0.05, 0.1) is 11.4 Å². The molecule has 1 aliphatic rings. The van der Waals surface area contributed by atoms with E-state index in [1.165, 1.54) is 0 Å². The highest BCUT2D eigenvalue weighted by atomic mass is 79.9. The molecule has 2 aromatic rings. The van der Waals surface area contributed by atoms with E-state index in [1.54, 1.807) is 19.1 Å². The summed E-state index contributed by atoms with van der Waals surface area (Å²) in [5, 5.41) is 3.20. The van der Waals surface area contributed by atoms with Crippen LogP contribution in [-0.4, -0.2) is 24.1 Å². The average molecular weight is 370 g/mol. The number of rotatable bonds is 2. The Bertz CT molecular complexity index is 717. The number of nitrogen functional groups attached to an aromatic ring is 1. The Hall–Kier alpha value is -1.80. The molecule has 110 valence electrons. The minimum atomic E-state index is -0.251. The van der Waals surface area contributed by atoms with Crippen LogP contribution in [0.25, 0.3) is 0 Å². The van der Waals surface area contributed by atoms with Gasteiger partial charge in [-0.1, -0.05) is 11.3 Å². The summed E-state index contributed by atoms with van der Waals surface area (Å²) in [6.45, 7) is 2.76. The van der Waals surface area contributed by atoms with Gasteiger partial charge in [-0.25, -0.2) is 4.98 Å². The summed E-state index contributed by atoms with van der Waals surface area (Å²) in [7, 11) is 0. The Morgan fingerprint density at radius 2 is 2.05 bits per heavy atom. The monoisotopic (exact) mass is 369 g/mol. The van der Waals surface area contributed by atoms with Crippen LogP contribution < -0.4 is 20.5 Å². The molecule has 2 heterocycles. The molecule has 0 fully saturated rings. The molecule has 3 rings (SSSR count). The van der Waals surface area contributed by atoms with Gasteiger partial charge < -0.3 is 20.5 Å². The largest absolute Gasteiger partial charge is 0.486 e. The van der Waals surface area contributed by atoms with Crippen molar-refractivity contribution in [2.45, 2.75) is 6.92 Å². The second kappa shape index (κ2) is 5.53. The van der Waals surface area contributed by atoms with Gasteiger partial charge in [0.15, 0.2) is 16.6 Å². The first kappa shape index (κ1) is 14.2. The minimum absolute atomic E-state index is 0.251. The van der Waals surface area contributed by atoms with Gasteiger partial charge in [-0.15, -0.1) is 0 Å². The highest BCUT2D eigenvalue weighted by molar-refractivity contribution is 9.10. The fourth-order valence-corrected chi connectivity index (χ4v) is 3.12. The molecule has 0 unspecified atom stereocenters. The maximum Gasteiger partial charge on any atom is 0.267 e. The molecule has 0 saturated carbocycles. The SMILES string of the molecule is Cc1nc(N)sc1C(=O)Nc1cc2c(cc1Br)OCCO2. The molecule has 0 saturated heterocycles. The van der Waals surface area contributed by atoms with Crippen LogP contribution in [0.3, 0.4) is 0 Å². The zero-order chi connectivity index (χ0) is 15.0. The standard InChI is InChI=1S/C13H12BrN3O3S/c1-6-11(21-13(15)16-6)12(18)17-8-5-10-9(4-7(8)14)19-2-3-20-10/h4-5H,2-3H2,1H3,(H2,15,16)(H,17,18). The summed E-state index contributed by atoms with van der Waals surface area (Å²) in [6.07, 6.45) is 0. The van der Waals surface area contributed by atoms with E-state index in [2.05, 4.69) is 26.2 Å². The van der Waals surface area contributed by atoms with E-state index in [-0.39, 0.29) is 5.91 Å². The first-order chi connectivity index (χ1) is 10.0. The lowest BCUT2D eigenvalue weighted by molar-refractivity contribution is 0.102. The number of benzene rings is 1. The van der Waals surface area contributed by atoms with Crippen LogP contribution in [-0.2, 0) is 0 Å². The van der Waals surface area contributed by atoms with Crippen molar-refractivity contribution >= 4 is 44.0 Å². The van der Waals surface area contributed by atoms with E-state index in [9.17, 15) is 4.79 Å². The van der Waals surface area contributed by atoms with Crippen molar-refractivity contribution in [3.8, 4) is 11.5 Å². The predicted octanol–water partition coefficient (Wildman–Crippen LogP) is 2.82. The van der Waals surface area contributed by atoms with Crippen LogP contribution in [0.4, 0.5) is 10.8 Å². The minimum Gasteiger partial charge on any atom is -0.486 e. The number of carbonyl (C=O) groups excluding carboxylic acids is 1. The fourth-order valence-electron chi connectivity index (χ4n) is 1.97. The highest BCUT2D eigenvalue weighted by Gasteiger charge is 2.19. The van der Waals surface area contributed by atoms with Crippen molar-refractivity contribution in [3.63, 3.8) is 0 Å². The average Bonchev–Trinajstić information content (AvgIpc) is 2.78. The number of amides is 1. The second-order valence-electron chi connectivity index (χ2n) is 4.40. The number of hydrogen-bond acceptors (Lipinski definition) is 6. The number of fused-ring (bicyclic) bond motifs is 1. The molecule has 1 amide bonds. The molecule has 21 heavy (non-hydrogen) atoms. The van der Waals surface area contributed by atoms with Crippen LogP contribution >= 0.6 is 27.3 Å². The number of nitrogens with zero attached hydrogens (tertiary/aromatic N) is 1.